The Morgan fingerprint density at radius 3 is 2.29 bits per heavy atom. The van der Waals surface area contributed by atoms with Gasteiger partial charge >= 0.3 is 11.9 Å². The second-order valence-corrected chi connectivity index (χ2v) is 9.58. The summed E-state index contributed by atoms with van der Waals surface area (Å²) < 4.78 is 11.1. The zero-order valence-electron chi connectivity index (χ0n) is 21.2. The summed E-state index contributed by atoms with van der Waals surface area (Å²) in [7, 11) is 0. The Morgan fingerprint density at radius 2 is 1.69 bits per heavy atom. The van der Waals surface area contributed by atoms with E-state index in [-0.39, 0.29) is 23.7 Å². The van der Waals surface area contributed by atoms with Crippen molar-refractivity contribution < 1.29 is 28.7 Å². The molecule has 35 heavy (non-hydrogen) atoms. The van der Waals surface area contributed by atoms with E-state index in [0.717, 1.165) is 23.1 Å². The topological polar surface area (TPSA) is 85.2 Å². The molecule has 7 heteroatoms. The fraction of sp³-hybridized carbons (Fsp3) is 0.393. The molecule has 0 bridgehead atoms. The van der Waals surface area contributed by atoms with Crippen LogP contribution in [0.1, 0.15) is 57.0 Å². The second-order valence-electron chi connectivity index (χ2n) is 9.58. The lowest BCUT2D eigenvalue weighted by molar-refractivity contribution is -0.804. The molecule has 1 atom stereocenters. The molecule has 0 saturated carbocycles. The van der Waals surface area contributed by atoms with Gasteiger partial charge in [0.25, 0.3) is 0 Å². The Balaban J connectivity index is 1.92. The van der Waals surface area contributed by atoms with Gasteiger partial charge in [0, 0.05) is 5.56 Å². The zero-order valence-corrected chi connectivity index (χ0v) is 21.2. The Bertz CT molecular complexity index is 1130. The lowest BCUT2D eigenvalue weighted by Crippen LogP contribution is -2.47. The van der Waals surface area contributed by atoms with Crippen molar-refractivity contribution in [2.24, 2.45) is 4.99 Å². The van der Waals surface area contributed by atoms with Gasteiger partial charge in [-0.1, -0.05) is 49.4 Å². The number of nitrogens with zero attached hydrogens (tertiary/aromatic N) is 2. The van der Waals surface area contributed by atoms with Gasteiger partial charge in [-0.3, -0.25) is 0 Å². The molecule has 0 radical (unpaired) electrons. The van der Waals surface area contributed by atoms with Crippen molar-refractivity contribution >= 4 is 18.3 Å². The largest absolute Gasteiger partial charge is 0.458 e. The van der Waals surface area contributed by atoms with E-state index < -0.39 is 11.6 Å². The number of hydrogen-bond acceptors (Lipinski definition) is 6. The SMILES string of the molecule is CCC[N+]1(Cc2ccc(-c3ccccc3C(=O)OC(C)(C)C)cc2)C=NC(CO)=C1C(=O)OCC. The van der Waals surface area contributed by atoms with Crippen LogP contribution in [0, 0.1) is 0 Å². The third-order valence-electron chi connectivity index (χ3n) is 5.67. The van der Waals surface area contributed by atoms with Crippen molar-refractivity contribution in [3.05, 3.63) is 71.1 Å². The molecule has 1 aliphatic rings. The first kappa shape index (κ1) is 26.3. The lowest BCUT2D eigenvalue weighted by Gasteiger charge is -2.31. The third kappa shape index (κ3) is 6.05. The first-order chi connectivity index (χ1) is 16.6. The molecule has 1 aliphatic heterocycles. The monoisotopic (exact) mass is 479 g/mol. The van der Waals surface area contributed by atoms with E-state index in [9.17, 15) is 14.7 Å². The third-order valence-corrected chi connectivity index (χ3v) is 5.67. The summed E-state index contributed by atoms with van der Waals surface area (Å²) >= 11 is 0. The van der Waals surface area contributed by atoms with Gasteiger partial charge in [-0.05, 0) is 51.3 Å². The number of ether oxygens (including phenoxy) is 2. The quantitative estimate of drug-likeness (QED) is 0.411. The highest BCUT2D eigenvalue weighted by molar-refractivity contribution is 5.97. The van der Waals surface area contributed by atoms with Gasteiger partial charge in [-0.2, -0.15) is 4.99 Å². The number of aliphatic imine (C=N–C) groups is 1. The highest BCUT2D eigenvalue weighted by Gasteiger charge is 2.43. The van der Waals surface area contributed by atoms with Gasteiger partial charge in [-0.25, -0.2) is 14.1 Å². The molecule has 1 N–H and O–H groups in total. The Kier molecular flexibility index (Phi) is 8.25. The molecule has 1 heterocycles. The predicted molar refractivity (Wildman–Crippen MR) is 135 cm³/mol. The van der Waals surface area contributed by atoms with Crippen LogP contribution in [0.2, 0.25) is 0 Å². The normalized spacial score (nSPS) is 17.5. The first-order valence-electron chi connectivity index (χ1n) is 12.0. The van der Waals surface area contributed by atoms with Crippen LogP contribution in [-0.2, 0) is 20.8 Å². The molecule has 0 amide bonds. The highest BCUT2D eigenvalue weighted by atomic mass is 16.6. The van der Waals surface area contributed by atoms with Crippen LogP contribution in [0.25, 0.3) is 11.1 Å². The van der Waals surface area contributed by atoms with Crippen molar-refractivity contribution in [3.8, 4) is 11.1 Å². The number of hydrogen-bond donors (Lipinski definition) is 1. The smallest absolute Gasteiger partial charge is 0.395 e. The van der Waals surface area contributed by atoms with Crippen molar-refractivity contribution in [2.45, 2.75) is 53.2 Å². The number of carbonyl (C=O) groups excluding carboxylic acids is 2. The summed E-state index contributed by atoms with van der Waals surface area (Å²) in [6.07, 6.45) is 2.54. The van der Waals surface area contributed by atoms with Crippen LogP contribution in [0.15, 0.2) is 64.9 Å². The summed E-state index contributed by atoms with van der Waals surface area (Å²) in [5.74, 6) is -0.816. The summed E-state index contributed by atoms with van der Waals surface area (Å²) in [5.41, 5.74) is 3.34. The van der Waals surface area contributed by atoms with Gasteiger partial charge in [0.1, 0.15) is 17.8 Å². The van der Waals surface area contributed by atoms with Gasteiger partial charge in [-0.15, -0.1) is 0 Å². The molecular weight excluding hydrogens is 444 g/mol. The van der Waals surface area contributed by atoms with E-state index in [4.69, 9.17) is 9.47 Å². The van der Waals surface area contributed by atoms with Crippen LogP contribution in [0.5, 0.6) is 0 Å². The van der Waals surface area contributed by atoms with Gasteiger partial charge in [0.2, 0.25) is 5.70 Å². The number of quaternary nitrogens is 1. The standard InChI is InChI=1S/C28H35N2O5/c1-6-16-30(19-29-24(18-31)25(30)27(33)34-7-2)17-20-12-14-21(15-13-20)22-10-8-9-11-23(22)26(32)35-28(3,4)5/h8-15,19,31H,6-7,16-18H2,1-5H3/q+1. The van der Waals surface area contributed by atoms with Gasteiger partial charge < -0.3 is 14.6 Å². The minimum absolute atomic E-state index is 0.194. The molecule has 2 aromatic rings. The number of carbonyl (C=O) groups is 2. The molecule has 2 aromatic carbocycles. The van der Waals surface area contributed by atoms with Crippen LogP contribution in [0.3, 0.4) is 0 Å². The van der Waals surface area contributed by atoms with Crippen LogP contribution in [-0.4, -0.2) is 53.2 Å². The average Bonchev–Trinajstić information content (AvgIpc) is 3.17. The van der Waals surface area contributed by atoms with E-state index >= 15 is 0 Å². The van der Waals surface area contributed by atoms with E-state index in [1.165, 1.54) is 0 Å². The van der Waals surface area contributed by atoms with Crippen molar-refractivity contribution in [2.75, 3.05) is 19.8 Å². The fourth-order valence-corrected chi connectivity index (χ4v) is 4.30. The maximum Gasteiger partial charge on any atom is 0.395 e. The van der Waals surface area contributed by atoms with Crippen molar-refractivity contribution in [1.82, 2.24) is 0 Å². The maximum atomic E-state index is 12.8. The fourth-order valence-electron chi connectivity index (χ4n) is 4.30. The van der Waals surface area contributed by atoms with Crippen molar-refractivity contribution in [3.63, 3.8) is 0 Å². The molecule has 0 spiro atoms. The Labute approximate surface area is 207 Å². The number of aliphatic hydroxyl groups is 1. The zero-order chi connectivity index (χ0) is 25.6. The van der Waals surface area contributed by atoms with E-state index in [1.807, 2.05) is 70.2 Å². The molecule has 0 saturated heterocycles. The van der Waals surface area contributed by atoms with Gasteiger partial charge in [0.15, 0.2) is 6.34 Å². The van der Waals surface area contributed by atoms with Crippen LogP contribution >= 0.6 is 0 Å². The number of rotatable bonds is 9. The maximum absolute atomic E-state index is 12.8. The first-order valence-corrected chi connectivity index (χ1v) is 12.0. The van der Waals surface area contributed by atoms with Gasteiger partial charge in [0.05, 0.1) is 25.3 Å². The molecule has 1 unspecified atom stereocenters. The minimum Gasteiger partial charge on any atom is -0.458 e. The second kappa shape index (κ2) is 11.0. The summed E-state index contributed by atoms with van der Waals surface area (Å²) in [4.78, 5) is 29.9. The molecule has 186 valence electrons. The van der Waals surface area contributed by atoms with E-state index in [2.05, 4.69) is 4.99 Å². The minimum atomic E-state index is -0.583. The summed E-state index contributed by atoms with van der Waals surface area (Å²) in [5, 5.41) is 9.80. The number of benzene rings is 2. The van der Waals surface area contributed by atoms with Crippen LogP contribution in [0.4, 0.5) is 0 Å². The Hall–Kier alpha value is -3.29. The number of aliphatic hydroxyl groups excluding tert-OH is 1. The molecule has 0 aromatic heterocycles. The van der Waals surface area contributed by atoms with Crippen LogP contribution < -0.4 is 0 Å². The van der Waals surface area contributed by atoms with E-state index in [1.54, 1.807) is 19.3 Å². The number of esters is 2. The lowest BCUT2D eigenvalue weighted by atomic mass is 9.98. The average molecular weight is 480 g/mol. The van der Waals surface area contributed by atoms with Crippen molar-refractivity contribution in [1.29, 1.82) is 0 Å². The van der Waals surface area contributed by atoms with E-state index in [0.29, 0.717) is 30.0 Å². The molecule has 3 rings (SSSR count). The summed E-state index contributed by atoms with van der Waals surface area (Å²) in [6, 6.07) is 15.3. The predicted octanol–water partition coefficient (Wildman–Crippen LogP) is 4.84. The highest BCUT2D eigenvalue weighted by Crippen LogP contribution is 2.32. The molecule has 0 aliphatic carbocycles. The summed E-state index contributed by atoms with van der Waals surface area (Å²) in [6.45, 7) is 10.4. The molecule has 7 nitrogen and oxygen atoms in total. The molecular formula is C28H35N2O5+. The Morgan fingerprint density at radius 1 is 1.00 bits per heavy atom. The molecule has 0 fully saturated rings.